The first-order valence-corrected chi connectivity index (χ1v) is 30.4. The Morgan fingerprint density at radius 3 is 1.71 bits per heavy atom. The maximum absolute atomic E-state index is 12.4. The molecule has 7 saturated heterocycles. The molecule has 11 rings (SSSR count). The van der Waals surface area contributed by atoms with Gasteiger partial charge in [-0.1, -0.05) is 32.4 Å². The van der Waals surface area contributed by atoms with Crippen molar-refractivity contribution in [2.24, 2.45) is 40.4 Å². The topological polar surface area (TPSA) is 434 Å². The molecule has 3 saturated carbocycles. The number of aliphatic hydroxyl groups is 16. The van der Waals surface area contributed by atoms with Gasteiger partial charge in [-0.05, 0) is 99.7 Å². The van der Waals surface area contributed by atoms with Gasteiger partial charge in [0.15, 0.2) is 37.2 Å². The molecule has 10 fully saturated rings. The fraction of sp³-hybridized carbons (Fsp3) is 0.965. The molecule has 36 atom stereocenters. The Balaban J connectivity index is 0.784. The van der Waals surface area contributed by atoms with Crippen molar-refractivity contribution >= 4 is 0 Å². The minimum atomic E-state index is -2.04. The molecule has 4 aliphatic carbocycles. The van der Waals surface area contributed by atoms with Crippen LogP contribution in [0.1, 0.15) is 92.4 Å². The smallest absolute Gasteiger partial charge is 0.187 e. The van der Waals surface area contributed by atoms with Gasteiger partial charge in [-0.2, -0.15) is 0 Å². The van der Waals surface area contributed by atoms with Crippen LogP contribution in [0.2, 0.25) is 0 Å². The van der Waals surface area contributed by atoms with E-state index in [-0.39, 0.29) is 35.4 Å². The third kappa shape index (κ3) is 11.3. The van der Waals surface area contributed by atoms with Gasteiger partial charge in [0.1, 0.15) is 116 Å². The van der Waals surface area contributed by atoms with Gasteiger partial charge in [0.05, 0.1) is 56.9 Å². The van der Waals surface area contributed by atoms with Crippen molar-refractivity contribution in [3.8, 4) is 0 Å². The normalized spacial score (nSPS) is 57.0. The number of hydrogen-bond acceptors (Lipinski definition) is 28. The van der Waals surface area contributed by atoms with Gasteiger partial charge in [0.25, 0.3) is 0 Å². The average molecular weight is 1230 g/mol. The lowest BCUT2D eigenvalue weighted by Gasteiger charge is -2.58. The zero-order valence-electron chi connectivity index (χ0n) is 48.5. The monoisotopic (exact) mass is 1220 g/mol. The molecule has 3 unspecified atom stereocenters. The molecule has 0 aromatic heterocycles. The van der Waals surface area contributed by atoms with E-state index in [1.54, 1.807) is 0 Å². The van der Waals surface area contributed by atoms with Gasteiger partial charge in [0, 0.05) is 12.3 Å². The van der Waals surface area contributed by atoms with E-state index in [2.05, 4.69) is 26.8 Å². The molecular weight excluding hydrogens is 1130 g/mol. The van der Waals surface area contributed by atoms with Gasteiger partial charge in [-0.25, -0.2) is 0 Å². The molecule has 28 nitrogen and oxygen atoms in total. The van der Waals surface area contributed by atoms with Crippen molar-refractivity contribution in [2.75, 3.05) is 33.0 Å². The van der Waals surface area contributed by atoms with E-state index in [9.17, 15) is 81.7 Å². The second-order valence-corrected chi connectivity index (χ2v) is 27.0. The van der Waals surface area contributed by atoms with E-state index in [0.29, 0.717) is 49.9 Å². The summed E-state index contributed by atoms with van der Waals surface area (Å²) < 4.78 is 74.1. The SMILES string of the molecule is C[C@@H]1O[C@@H](O[C@H]2[C@H](O)[C@@H](O[C@@H]3O[C@H](CO)[C@@H](O)[C@H](O[C@@H]4O[C@H](CO)[C@@H](O)[C@H](O)[C@H]4O)[C@H]3O)[C@H](O[C@H]3CC[C@@]4(C)C(=CC[C@@H]5C4CC[C@@]4(C)C5C[C@@H]5OC6(CC[C@@](C)(CO[C@@H]7O[C@H](CO)[C@@H](O)[C@H](O)[C@H]7O)O6)[C@@H](C)[C@@H]54)C3)O[C@@H]2CO)[C@H](O)[C@H](O)[C@H]1O. The largest absolute Gasteiger partial charge is 0.394 e. The molecule has 16 N–H and O–H groups in total. The van der Waals surface area contributed by atoms with Crippen molar-refractivity contribution in [3.05, 3.63) is 11.6 Å². The summed E-state index contributed by atoms with van der Waals surface area (Å²) in [6.45, 7) is 7.29. The van der Waals surface area contributed by atoms with Crippen LogP contribution in [-0.4, -0.2) is 292 Å². The fourth-order valence-corrected chi connectivity index (χ4v) is 17.1. The molecular formula is C57H92O28. The summed E-state index contributed by atoms with van der Waals surface area (Å²) in [5.41, 5.74) is 0.120. The predicted molar refractivity (Wildman–Crippen MR) is 281 cm³/mol. The van der Waals surface area contributed by atoms with Gasteiger partial charge in [0.2, 0.25) is 0 Å². The predicted octanol–water partition coefficient (Wildman–Crippen LogP) is -5.02. The average Bonchev–Trinajstić information content (AvgIpc) is 1.81. The van der Waals surface area contributed by atoms with Crippen LogP contribution in [-0.2, 0) is 56.8 Å². The van der Waals surface area contributed by atoms with Gasteiger partial charge in [-0.3, -0.25) is 0 Å². The van der Waals surface area contributed by atoms with E-state index in [1.165, 1.54) is 12.5 Å². The Hall–Kier alpha value is -1.38. The number of ether oxygens (including phenoxy) is 12. The first kappa shape index (κ1) is 65.1. The maximum atomic E-state index is 12.4. The first-order chi connectivity index (χ1) is 40.2. The second kappa shape index (κ2) is 24.9. The van der Waals surface area contributed by atoms with Crippen LogP contribution in [0.4, 0.5) is 0 Å². The number of aliphatic hydroxyl groups excluding tert-OH is 16. The van der Waals surface area contributed by atoms with Gasteiger partial charge in [-0.15, -0.1) is 0 Å². The standard InChI is InChI=1S/C57H92O28/c1-21-33-28(84-57(21)13-12-54(3,85-57)20-74-49-41(69)39(67)35(63)29(16-58)77-49)15-27-25-7-6-23-14-24(8-10-55(23,4)26(25)9-11-56(27,33)5)76-53-48(44(72)46(32(19-61)80-53)81-50-42(70)38(66)34(62)22(2)75-50)83-52-45(73)47(37(65)31(18-60)79-52)82-51-43(71)40(68)36(64)30(17-59)78-51/h6,21-22,24-53,58-73H,7-20H2,1-5H3/t21-,22-,24-,25+,26?,27?,28-,29+,30+,31+,32+,33-,34-,35+,36+,37+,38+,39-,40-,41+,42+,43+,44-,45+,46+,47-,48+,49+,50-,51-,52-,53+,54-,55-,56-,57?/m0/s1. The van der Waals surface area contributed by atoms with Crippen LogP contribution in [0.15, 0.2) is 11.6 Å². The Kier molecular flexibility index (Phi) is 19.1. The Morgan fingerprint density at radius 1 is 0.506 bits per heavy atom. The summed E-state index contributed by atoms with van der Waals surface area (Å²) in [6, 6.07) is 0. The van der Waals surface area contributed by atoms with E-state index in [0.717, 1.165) is 25.7 Å². The molecule has 7 heterocycles. The van der Waals surface area contributed by atoms with Crippen LogP contribution >= 0.6 is 0 Å². The Morgan fingerprint density at radius 2 is 1.06 bits per heavy atom. The van der Waals surface area contributed by atoms with Crippen LogP contribution in [0.25, 0.3) is 0 Å². The highest BCUT2D eigenvalue weighted by Crippen LogP contribution is 2.71. The third-order valence-corrected chi connectivity index (χ3v) is 22.0. The Labute approximate surface area is 491 Å². The molecule has 28 heteroatoms. The number of fused-ring (bicyclic) bond motifs is 7. The molecule has 85 heavy (non-hydrogen) atoms. The summed E-state index contributed by atoms with van der Waals surface area (Å²) in [4.78, 5) is 0. The quantitative estimate of drug-likeness (QED) is 0.0683. The minimum Gasteiger partial charge on any atom is -0.394 e. The van der Waals surface area contributed by atoms with Crippen molar-refractivity contribution in [2.45, 2.75) is 270 Å². The Bertz CT molecular complexity index is 2310. The highest BCUT2D eigenvalue weighted by molar-refractivity contribution is 5.27. The molecule has 0 amide bonds. The molecule has 1 spiro atoms. The molecule has 0 aromatic carbocycles. The molecule has 7 aliphatic heterocycles. The summed E-state index contributed by atoms with van der Waals surface area (Å²) in [5, 5.41) is 171. The van der Waals surface area contributed by atoms with Crippen LogP contribution in [0, 0.1) is 40.4 Å². The molecule has 11 aliphatic rings. The second-order valence-electron chi connectivity index (χ2n) is 27.0. The lowest BCUT2D eigenvalue weighted by atomic mass is 9.47. The number of allylic oxidation sites excluding steroid dienone is 1. The summed E-state index contributed by atoms with van der Waals surface area (Å²) >= 11 is 0. The zero-order chi connectivity index (χ0) is 61.1. The summed E-state index contributed by atoms with van der Waals surface area (Å²) in [5.74, 6) is 0.444. The molecule has 0 radical (unpaired) electrons. The first-order valence-electron chi connectivity index (χ1n) is 30.4. The molecule has 0 aromatic rings. The lowest BCUT2D eigenvalue weighted by molar-refractivity contribution is -0.398. The summed E-state index contributed by atoms with van der Waals surface area (Å²) in [6.07, 6.45) is -32.8. The van der Waals surface area contributed by atoms with E-state index in [1.807, 2.05) is 6.92 Å². The highest BCUT2D eigenvalue weighted by Gasteiger charge is 2.71. The van der Waals surface area contributed by atoms with Gasteiger partial charge < -0.3 is 139 Å². The van der Waals surface area contributed by atoms with E-state index >= 15 is 0 Å². The summed E-state index contributed by atoms with van der Waals surface area (Å²) in [7, 11) is 0. The van der Waals surface area contributed by atoms with E-state index in [4.69, 9.17) is 56.8 Å². The van der Waals surface area contributed by atoms with Crippen molar-refractivity contribution in [1.82, 2.24) is 0 Å². The van der Waals surface area contributed by atoms with Crippen LogP contribution < -0.4 is 0 Å². The third-order valence-electron chi connectivity index (χ3n) is 22.0. The van der Waals surface area contributed by atoms with Crippen molar-refractivity contribution < 1.29 is 139 Å². The minimum absolute atomic E-state index is 0.0159. The van der Waals surface area contributed by atoms with E-state index < -0.39 is 197 Å². The lowest BCUT2D eigenvalue weighted by Crippen LogP contribution is -2.68. The van der Waals surface area contributed by atoms with Crippen LogP contribution in [0.5, 0.6) is 0 Å². The fourth-order valence-electron chi connectivity index (χ4n) is 17.1. The van der Waals surface area contributed by atoms with Crippen molar-refractivity contribution in [1.29, 1.82) is 0 Å². The van der Waals surface area contributed by atoms with Crippen LogP contribution in [0.3, 0.4) is 0 Å². The van der Waals surface area contributed by atoms with Crippen molar-refractivity contribution in [3.63, 3.8) is 0 Å². The number of rotatable bonds is 15. The molecule has 488 valence electrons. The maximum Gasteiger partial charge on any atom is 0.187 e. The number of hydrogen-bond donors (Lipinski definition) is 16. The zero-order valence-corrected chi connectivity index (χ0v) is 48.5. The van der Waals surface area contributed by atoms with Gasteiger partial charge >= 0.3 is 0 Å². The molecule has 0 bridgehead atoms. The highest BCUT2D eigenvalue weighted by atomic mass is 16.8.